The van der Waals surface area contributed by atoms with Crippen LogP contribution in [0.15, 0.2) is 36.9 Å². The van der Waals surface area contributed by atoms with E-state index in [9.17, 15) is 4.79 Å². The smallest absolute Gasteiger partial charge is 0.240 e. The average Bonchev–Trinajstić information content (AvgIpc) is 2.55. The van der Waals surface area contributed by atoms with E-state index in [2.05, 4.69) is 41.1 Å². The first kappa shape index (κ1) is 14.3. The molecule has 4 heteroatoms. The Hall–Kier alpha value is -1.65. The molecule has 1 aromatic carbocycles. The van der Waals surface area contributed by atoms with Crippen molar-refractivity contribution in [3.05, 3.63) is 48.0 Å². The molecule has 0 aliphatic carbocycles. The van der Waals surface area contributed by atoms with Crippen LogP contribution in [0.5, 0.6) is 0 Å². The Balaban J connectivity index is 1.59. The Kier molecular flexibility index (Phi) is 4.36. The molecular formula is C17H23N3O. The van der Waals surface area contributed by atoms with E-state index < -0.39 is 0 Å². The fraction of sp³-hybridized carbons (Fsp3) is 0.471. The maximum absolute atomic E-state index is 12.7. The van der Waals surface area contributed by atoms with Gasteiger partial charge >= 0.3 is 0 Å². The summed E-state index contributed by atoms with van der Waals surface area (Å²) >= 11 is 0. The molecule has 1 saturated heterocycles. The largest absolute Gasteiger partial charge is 0.339 e. The third-order valence-electron chi connectivity index (χ3n) is 4.45. The van der Waals surface area contributed by atoms with Gasteiger partial charge in [0.25, 0.3) is 0 Å². The lowest BCUT2D eigenvalue weighted by Crippen LogP contribution is -2.55. The molecule has 1 aromatic rings. The highest BCUT2D eigenvalue weighted by molar-refractivity contribution is 5.82. The number of benzene rings is 1. The summed E-state index contributed by atoms with van der Waals surface area (Å²) in [5.41, 5.74) is 2.62. The normalized spacial score (nSPS) is 22.7. The topological polar surface area (TPSA) is 35.6 Å². The first-order valence-corrected chi connectivity index (χ1v) is 7.70. The third kappa shape index (κ3) is 3.17. The molecular weight excluding hydrogens is 262 g/mol. The summed E-state index contributed by atoms with van der Waals surface area (Å²) in [5.74, 6) is 0.253. The van der Waals surface area contributed by atoms with Crippen molar-refractivity contribution >= 4 is 5.91 Å². The van der Waals surface area contributed by atoms with E-state index in [1.807, 2.05) is 11.0 Å². The molecule has 0 aromatic heterocycles. The Morgan fingerprint density at radius 2 is 1.95 bits per heavy atom. The standard InChI is InChI=1S/C17H23N3O/c1-2-7-19-8-10-20(11-9-19)17(21)16-12-14-5-3-4-6-15(14)13-18-16/h2-6,16,18H,1,7-13H2/t16-/m0/s1. The van der Waals surface area contributed by atoms with Crippen LogP contribution < -0.4 is 5.32 Å². The van der Waals surface area contributed by atoms with Gasteiger partial charge in [-0.25, -0.2) is 0 Å². The van der Waals surface area contributed by atoms with Crippen molar-refractivity contribution in [1.29, 1.82) is 0 Å². The molecule has 3 rings (SSSR count). The molecule has 0 bridgehead atoms. The first-order valence-electron chi connectivity index (χ1n) is 7.70. The van der Waals surface area contributed by atoms with E-state index in [0.717, 1.165) is 45.7 Å². The molecule has 0 radical (unpaired) electrons. The molecule has 0 saturated carbocycles. The predicted molar refractivity (Wildman–Crippen MR) is 84.0 cm³/mol. The van der Waals surface area contributed by atoms with Gasteiger partial charge in [-0.15, -0.1) is 6.58 Å². The van der Waals surface area contributed by atoms with Crippen molar-refractivity contribution in [1.82, 2.24) is 15.1 Å². The molecule has 2 heterocycles. The van der Waals surface area contributed by atoms with Gasteiger partial charge < -0.3 is 10.2 Å². The average molecular weight is 285 g/mol. The molecule has 1 atom stereocenters. The zero-order chi connectivity index (χ0) is 14.7. The zero-order valence-electron chi connectivity index (χ0n) is 12.4. The minimum absolute atomic E-state index is 0.0640. The van der Waals surface area contributed by atoms with Crippen LogP contribution in [0.25, 0.3) is 0 Å². The lowest BCUT2D eigenvalue weighted by Gasteiger charge is -2.37. The second-order valence-corrected chi connectivity index (χ2v) is 5.82. The van der Waals surface area contributed by atoms with Crippen LogP contribution in [0.1, 0.15) is 11.1 Å². The van der Waals surface area contributed by atoms with Crippen LogP contribution in [0.2, 0.25) is 0 Å². The Bertz CT molecular complexity index is 521. The SMILES string of the molecule is C=CCN1CCN(C(=O)[C@@H]2Cc3ccccc3CN2)CC1. The van der Waals surface area contributed by atoms with Gasteiger partial charge in [-0.2, -0.15) is 0 Å². The van der Waals surface area contributed by atoms with E-state index in [4.69, 9.17) is 0 Å². The van der Waals surface area contributed by atoms with Crippen LogP contribution >= 0.6 is 0 Å². The number of carbonyl (C=O) groups is 1. The van der Waals surface area contributed by atoms with Crippen LogP contribution in [-0.2, 0) is 17.8 Å². The molecule has 1 N–H and O–H groups in total. The molecule has 2 aliphatic rings. The lowest BCUT2D eigenvalue weighted by molar-refractivity contribution is -0.135. The number of amides is 1. The van der Waals surface area contributed by atoms with E-state index in [1.54, 1.807) is 0 Å². The molecule has 0 spiro atoms. The quantitative estimate of drug-likeness (QED) is 0.843. The number of carbonyl (C=O) groups excluding carboxylic acids is 1. The summed E-state index contributed by atoms with van der Waals surface area (Å²) in [6.07, 6.45) is 2.74. The number of nitrogens with zero attached hydrogens (tertiary/aromatic N) is 2. The zero-order valence-corrected chi connectivity index (χ0v) is 12.4. The molecule has 112 valence electrons. The maximum Gasteiger partial charge on any atom is 0.240 e. The van der Waals surface area contributed by atoms with E-state index in [1.165, 1.54) is 11.1 Å². The third-order valence-corrected chi connectivity index (χ3v) is 4.45. The number of rotatable bonds is 3. The maximum atomic E-state index is 12.7. The van der Waals surface area contributed by atoms with Gasteiger partial charge in [0.1, 0.15) is 0 Å². The van der Waals surface area contributed by atoms with E-state index in [0.29, 0.717) is 0 Å². The molecule has 1 amide bonds. The van der Waals surface area contributed by atoms with Gasteiger partial charge in [0, 0.05) is 39.3 Å². The van der Waals surface area contributed by atoms with Gasteiger partial charge in [-0.05, 0) is 17.5 Å². The monoisotopic (exact) mass is 285 g/mol. The molecule has 0 unspecified atom stereocenters. The summed E-state index contributed by atoms with van der Waals surface area (Å²) < 4.78 is 0. The summed E-state index contributed by atoms with van der Waals surface area (Å²) in [6.45, 7) is 9.02. The van der Waals surface area contributed by atoms with Gasteiger partial charge in [0.05, 0.1) is 6.04 Å². The number of hydrogen-bond acceptors (Lipinski definition) is 3. The van der Waals surface area contributed by atoms with Gasteiger partial charge in [0.15, 0.2) is 0 Å². The van der Waals surface area contributed by atoms with Crippen molar-refractivity contribution in [2.45, 2.75) is 19.0 Å². The van der Waals surface area contributed by atoms with Crippen LogP contribution in [0.3, 0.4) is 0 Å². The second-order valence-electron chi connectivity index (χ2n) is 5.82. The minimum atomic E-state index is -0.0640. The number of nitrogens with one attached hydrogen (secondary N) is 1. The van der Waals surface area contributed by atoms with E-state index >= 15 is 0 Å². The Labute approximate surface area is 126 Å². The number of fused-ring (bicyclic) bond motifs is 1. The minimum Gasteiger partial charge on any atom is -0.339 e. The number of piperazine rings is 1. The van der Waals surface area contributed by atoms with Gasteiger partial charge in [0.2, 0.25) is 5.91 Å². The molecule has 21 heavy (non-hydrogen) atoms. The summed E-state index contributed by atoms with van der Waals surface area (Å²) in [5, 5.41) is 3.39. The fourth-order valence-corrected chi connectivity index (χ4v) is 3.18. The molecule has 2 aliphatic heterocycles. The van der Waals surface area contributed by atoms with Crippen molar-refractivity contribution in [3.8, 4) is 0 Å². The van der Waals surface area contributed by atoms with Crippen molar-refractivity contribution in [3.63, 3.8) is 0 Å². The summed E-state index contributed by atoms with van der Waals surface area (Å²) in [6, 6.07) is 8.32. The Morgan fingerprint density at radius 1 is 1.24 bits per heavy atom. The van der Waals surface area contributed by atoms with E-state index in [-0.39, 0.29) is 11.9 Å². The van der Waals surface area contributed by atoms with Crippen molar-refractivity contribution in [2.24, 2.45) is 0 Å². The Morgan fingerprint density at radius 3 is 2.67 bits per heavy atom. The highest BCUT2D eigenvalue weighted by Crippen LogP contribution is 2.18. The predicted octanol–water partition coefficient (Wildman–Crippen LogP) is 1.03. The van der Waals surface area contributed by atoms with Crippen molar-refractivity contribution < 1.29 is 4.79 Å². The van der Waals surface area contributed by atoms with Crippen LogP contribution in [0.4, 0.5) is 0 Å². The summed E-state index contributed by atoms with van der Waals surface area (Å²) in [7, 11) is 0. The second kappa shape index (κ2) is 6.41. The molecule has 1 fully saturated rings. The van der Waals surface area contributed by atoms with Gasteiger partial charge in [-0.3, -0.25) is 9.69 Å². The van der Waals surface area contributed by atoms with Crippen molar-refractivity contribution in [2.75, 3.05) is 32.7 Å². The first-order chi connectivity index (χ1) is 10.3. The lowest BCUT2D eigenvalue weighted by atomic mass is 9.95. The number of hydrogen-bond donors (Lipinski definition) is 1. The summed E-state index contributed by atoms with van der Waals surface area (Å²) in [4.78, 5) is 17.0. The fourth-order valence-electron chi connectivity index (χ4n) is 3.18. The highest BCUT2D eigenvalue weighted by atomic mass is 16.2. The van der Waals surface area contributed by atoms with Crippen LogP contribution in [-0.4, -0.2) is 54.5 Å². The highest BCUT2D eigenvalue weighted by Gasteiger charge is 2.29. The van der Waals surface area contributed by atoms with Gasteiger partial charge in [-0.1, -0.05) is 30.3 Å². The molecule has 4 nitrogen and oxygen atoms in total. The van der Waals surface area contributed by atoms with Crippen LogP contribution in [0, 0.1) is 0 Å².